The van der Waals surface area contributed by atoms with Crippen molar-refractivity contribution in [2.24, 2.45) is 0 Å². The lowest BCUT2D eigenvalue weighted by atomic mass is 10.0. The quantitative estimate of drug-likeness (QED) is 0.522. The van der Waals surface area contributed by atoms with Crippen LogP contribution in [0.5, 0.6) is 0 Å². The van der Waals surface area contributed by atoms with E-state index < -0.39 is 6.04 Å². The molecule has 6 nitrogen and oxygen atoms in total. The number of pyridine rings is 1. The molecule has 1 aliphatic rings. The first-order chi connectivity index (χ1) is 13.6. The van der Waals surface area contributed by atoms with Gasteiger partial charge in [0, 0.05) is 11.2 Å². The van der Waals surface area contributed by atoms with E-state index in [1.54, 1.807) is 54.9 Å². The summed E-state index contributed by atoms with van der Waals surface area (Å²) in [5, 5.41) is 0.755. The number of carbonyl (C=O) groups is 1. The van der Waals surface area contributed by atoms with Crippen molar-refractivity contribution < 1.29 is 13.6 Å². The number of aromatic nitrogens is 1. The molecule has 1 amide bonds. The molecule has 0 fully saturated rings. The largest absolute Gasteiger partial charge is 0.467 e. The predicted octanol–water partition coefficient (Wildman–Crippen LogP) is 4.18. The van der Waals surface area contributed by atoms with E-state index in [2.05, 4.69) is 4.98 Å². The van der Waals surface area contributed by atoms with E-state index in [1.807, 2.05) is 6.07 Å². The number of fused-ring (bicyclic) bond motifs is 2. The summed E-state index contributed by atoms with van der Waals surface area (Å²) in [5.74, 6) is 0.250. The lowest BCUT2D eigenvalue weighted by Crippen LogP contribution is -2.29. The average molecular weight is 393 g/mol. The molecule has 0 bridgehead atoms. The molecule has 0 aliphatic carbocycles. The number of benzene rings is 1. The van der Waals surface area contributed by atoms with Gasteiger partial charge in [0.15, 0.2) is 5.43 Å². The SMILES string of the molecule is O=C1c2oc3ccc(Cl)cc3c(=O)c2[C@@H](c2ccccn2)N1Cc1ccco1. The molecule has 0 N–H and O–H groups in total. The van der Waals surface area contributed by atoms with Crippen LogP contribution in [0, 0.1) is 0 Å². The minimum Gasteiger partial charge on any atom is -0.467 e. The van der Waals surface area contributed by atoms with Crippen LogP contribution in [-0.2, 0) is 6.54 Å². The van der Waals surface area contributed by atoms with Gasteiger partial charge in [-0.3, -0.25) is 14.6 Å². The Kier molecular flexibility index (Phi) is 3.80. The highest BCUT2D eigenvalue weighted by Gasteiger charge is 2.43. The number of carbonyl (C=O) groups excluding carboxylic acids is 1. The first-order valence-corrected chi connectivity index (χ1v) is 9.02. The molecule has 0 saturated carbocycles. The summed E-state index contributed by atoms with van der Waals surface area (Å²) in [6.45, 7) is 0.188. The highest BCUT2D eigenvalue weighted by molar-refractivity contribution is 6.31. The molecule has 1 atom stereocenters. The van der Waals surface area contributed by atoms with Gasteiger partial charge < -0.3 is 13.7 Å². The van der Waals surface area contributed by atoms with E-state index in [0.717, 1.165) is 0 Å². The van der Waals surface area contributed by atoms with Crippen LogP contribution in [0.25, 0.3) is 11.0 Å². The van der Waals surface area contributed by atoms with E-state index in [1.165, 1.54) is 4.90 Å². The molecule has 0 unspecified atom stereocenters. The van der Waals surface area contributed by atoms with Gasteiger partial charge in [0.1, 0.15) is 17.4 Å². The van der Waals surface area contributed by atoms with Crippen LogP contribution >= 0.6 is 11.6 Å². The fourth-order valence-electron chi connectivity index (χ4n) is 3.57. The second-order valence-corrected chi connectivity index (χ2v) is 6.92. The molecule has 138 valence electrons. The van der Waals surface area contributed by atoms with Crippen LogP contribution in [0.4, 0.5) is 0 Å². The topological polar surface area (TPSA) is 76.6 Å². The van der Waals surface area contributed by atoms with Gasteiger partial charge >= 0.3 is 0 Å². The minimum absolute atomic E-state index is 0.0297. The molecular weight excluding hydrogens is 380 g/mol. The smallest absolute Gasteiger partial charge is 0.291 e. The van der Waals surface area contributed by atoms with Crippen LogP contribution in [0.3, 0.4) is 0 Å². The molecule has 5 rings (SSSR count). The predicted molar refractivity (Wildman–Crippen MR) is 102 cm³/mol. The summed E-state index contributed by atoms with van der Waals surface area (Å²) in [5.41, 5.74) is 0.880. The summed E-state index contributed by atoms with van der Waals surface area (Å²) in [6.07, 6.45) is 3.17. The van der Waals surface area contributed by atoms with E-state index in [0.29, 0.717) is 27.4 Å². The molecule has 4 aromatic rings. The summed E-state index contributed by atoms with van der Waals surface area (Å²) >= 11 is 6.06. The van der Waals surface area contributed by atoms with Crippen LogP contribution < -0.4 is 5.43 Å². The van der Waals surface area contributed by atoms with Crippen LogP contribution in [0.15, 0.2) is 74.6 Å². The molecule has 28 heavy (non-hydrogen) atoms. The monoisotopic (exact) mass is 392 g/mol. The van der Waals surface area contributed by atoms with Gasteiger partial charge in [0.05, 0.1) is 29.5 Å². The van der Waals surface area contributed by atoms with Crippen LogP contribution in [-0.4, -0.2) is 15.8 Å². The van der Waals surface area contributed by atoms with Gasteiger partial charge in [-0.2, -0.15) is 0 Å². The molecule has 1 aliphatic heterocycles. The number of rotatable bonds is 3. The van der Waals surface area contributed by atoms with Crippen molar-refractivity contribution in [3.05, 3.63) is 99.0 Å². The molecule has 0 saturated heterocycles. The summed E-state index contributed by atoms with van der Waals surface area (Å²) in [4.78, 5) is 32.4. The zero-order valence-electron chi connectivity index (χ0n) is 14.5. The first-order valence-electron chi connectivity index (χ1n) is 8.64. The zero-order valence-corrected chi connectivity index (χ0v) is 15.2. The van der Waals surface area contributed by atoms with E-state index in [-0.39, 0.29) is 29.2 Å². The second-order valence-electron chi connectivity index (χ2n) is 6.48. The fraction of sp³-hybridized carbons (Fsp3) is 0.0952. The van der Waals surface area contributed by atoms with Crippen molar-refractivity contribution in [3.63, 3.8) is 0 Å². The Morgan fingerprint density at radius 1 is 1.11 bits per heavy atom. The maximum atomic E-state index is 13.3. The third-order valence-corrected chi connectivity index (χ3v) is 5.04. The Balaban J connectivity index is 1.76. The van der Waals surface area contributed by atoms with E-state index in [4.69, 9.17) is 20.4 Å². The van der Waals surface area contributed by atoms with Crippen molar-refractivity contribution in [3.8, 4) is 0 Å². The van der Waals surface area contributed by atoms with Crippen molar-refractivity contribution in [2.45, 2.75) is 12.6 Å². The molecule has 3 aromatic heterocycles. The summed E-state index contributed by atoms with van der Waals surface area (Å²) < 4.78 is 11.3. The Hall–Kier alpha value is -3.38. The van der Waals surface area contributed by atoms with Gasteiger partial charge in [0.25, 0.3) is 5.91 Å². The number of nitrogens with zero attached hydrogens (tertiary/aromatic N) is 2. The fourth-order valence-corrected chi connectivity index (χ4v) is 3.74. The molecule has 4 heterocycles. The Bertz CT molecular complexity index is 1250. The molecule has 0 radical (unpaired) electrons. The normalized spacial score (nSPS) is 16.0. The highest BCUT2D eigenvalue weighted by atomic mass is 35.5. The third-order valence-electron chi connectivity index (χ3n) is 4.80. The highest BCUT2D eigenvalue weighted by Crippen LogP contribution is 2.38. The van der Waals surface area contributed by atoms with E-state index in [9.17, 15) is 9.59 Å². The number of furan rings is 1. The number of halogens is 1. The standard InChI is InChI=1S/C21H13ClN2O4/c22-12-6-7-16-14(10-12)19(25)17-18(15-5-1-2-8-23-15)24(21(26)20(17)28-16)11-13-4-3-9-27-13/h1-10,18H,11H2/t18-/m1/s1. The third kappa shape index (κ3) is 2.53. The Morgan fingerprint density at radius 3 is 2.75 bits per heavy atom. The average Bonchev–Trinajstić information content (AvgIpc) is 3.31. The van der Waals surface area contributed by atoms with Crippen LogP contribution in [0.1, 0.15) is 33.6 Å². The van der Waals surface area contributed by atoms with Crippen molar-refractivity contribution >= 4 is 28.5 Å². The molecular formula is C21H13ClN2O4. The second kappa shape index (κ2) is 6.35. The van der Waals surface area contributed by atoms with Gasteiger partial charge in [-0.05, 0) is 42.5 Å². The maximum absolute atomic E-state index is 13.3. The minimum atomic E-state index is -0.673. The van der Waals surface area contributed by atoms with Crippen molar-refractivity contribution in [1.29, 1.82) is 0 Å². The maximum Gasteiger partial charge on any atom is 0.291 e. The van der Waals surface area contributed by atoms with Gasteiger partial charge in [-0.1, -0.05) is 17.7 Å². The van der Waals surface area contributed by atoms with Crippen molar-refractivity contribution in [2.75, 3.05) is 0 Å². The summed E-state index contributed by atoms with van der Waals surface area (Å²) in [7, 11) is 0. The first kappa shape index (κ1) is 16.8. The zero-order chi connectivity index (χ0) is 19.3. The lowest BCUT2D eigenvalue weighted by Gasteiger charge is -2.23. The van der Waals surface area contributed by atoms with Crippen LogP contribution in [0.2, 0.25) is 5.02 Å². The molecule has 7 heteroatoms. The summed E-state index contributed by atoms with van der Waals surface area (Å²) in [6, 6.07) is 13.0. The lowest BCUT2D eigenvalue weighted by molar-refractivity contribution is 0.0699. The van der Waals surface area contributed by atoms with Gasteiger partial charge in [0.2, 0.25) is 5.76 Å². The molecule has 0 spiro atoms. The number of amides is 1. The Labute approximate surface area is 164 Å². The number of hydrogen-bond acceptors (Lipinski definition) is 5. The van der Waals surface area contributed by atoms with E-state index >= 15 is 0 Å². The number of hydrogen-bond donors (Lipinski definition) is 0. The van der Waals surface area contributed by atoms with Crippen molar-refractivity contribution in [1.82, 2.24) is 9.88 Å². The van der Waals surface area contributed by atoms with Gasteiger partial charge in [-0.25, -0.2) is 0 Å². The van der Waals surface area contributed by atoms with Gasteiger partial charge in [-0.15, -0.1) is 0 Å². The molecule has 1 aromatic carbocycles. The Morgan fingerprint density at radius 2 is 2.00 bits per heavy atom.